The van der Waals surface area contributed by atoms with Crippen LogP contribution in [0.15, 0.2) is 41.3 Å². The molecule has 1 heterocycles. The lowest BCUT2D eigenvalue weighted by molar-refractivity contribution is 0.174. The van der Waals surface area contributed by atoms with Gasteiger partial charge in [0.05, 0.1) is 11.4 Å². The minimum atomic E-state index is -3.58. The quantitative estimate of drug-likeness (QED) is 0.815. The zero-order valence-corrected chi connectivity index (χ0v) is 15.4. The average molecular weight is 373 g/mol. The molecular weight excluding hydrogens is 354 g/mol. The van der Waals surface area contributed by atoms with Crippen molar-refractivity contribution < 1.29 is 22.6 Å². The number of ether oxygens (including phenoxy) is 3. The van der Waals surface area contributed by atoms with E-state index in [0.717, 1.165) is 5.56 Å². The van der Waals surface area contributed by atoms with Crippen molar-refractivity contribution in [3.63, 3.8) is 0 Å². The van der Waals surface area contributed by atoms with Gasteiger partial charge in [-0.3, -0.25) is 0 Å². The second-order valence-electron chi connectivity index (χ2n) is 5.75. The lowest BCUT2D eigenvalue weighted by Gasteiger charge is -2.08. The molecule has 0 fully saturated rings. The fourth-order valence-corrected chi connectivity index (χ4v) is 3.66. The van der Waals surface area contributed by atoms with Crippen molar-refractivity contribution in [1.29, 1.82) is 0 Å². The molecule has 0 spiro atoms. The van der Waals surface area contributed by atoms with E-state index in [0.29, 0.717) is 22.8 Å². The van der Waals surface area contributed by atoms with Gasteiger partial charge in [-0.2, -0.15) is 4.72 Å². The smallest absolute Gasteiger partial charge is 0.241 e. The van der Waals surface area contributed by atoms with Gasteiger partial charge in [-0.1, -0.05) is 29.5 Å². The van der Waals surface area contributed by atoms with E-state index in [-0.39, 0.29) is 24.8 Å². The molecule has 0 radical (unpaired) electrons. The van der Waals surface area contributed by atoms with Crippen LogP contribution >= 0.6 is 0 Å². The molecule has 0 atom stereocenters. The van der Waals surface area contributed by atoms with Crippen molar-refractivity contribution >= 4 is 10.0 Å². The van der Waals surface area contributed by atoms with Crippen LogP contribution in [0.4, 0.5) is 0 Å². The number of benzene rings is 2. The second kappa shape index (κ2) is 7.68. The fraction of sp³-hybridized carbons (Fsp3) is 0.263. The Kier molecular flexibility index (Phi) is 5.35. The Bertz CT molecular complexity index is 973. The highest BCUT2D eigenvalue weighted by molar-refractivity contribution is 7.89. The van der Waals surface area contributed by atoms with Gasteiger partial charge in [0.1, 0.15) is 12.4 Å². The molecule has 2 aromatic carbocycles. The molecule has 7 heteroatoms. The molecule has 2 aromatic rings. The zero-order valence-electron chi connectivity index (χ0n) is 14.5. The maximum Gasteiger partial charge on any atom is 0.241 e. The molecule has 1 aliphatic rings. The van der Waals surface area contributed by atoms with E-state index in [1.165, 1.54) is 0 Å². The highest BCUT2D eigenvalue weighted by Crippen LogP contribution is 2.34. The van der Waals surface area contributed by atoms with Crippen LogP contribution in [0.1, 0.15) is 11.1 Å². The van der Waals surface area contributed by atoms with Gasteiger partial charge in [-0.05, 0) is 37.6 Å². The predicted octanol–water partition coefficient (Wildman–Crippen LogP) is 2.39. The van der Waals surface area contributed by atoms with Gasteiger partial charge in [0, 0.05) is 6.07 Å². The van der Waals surface area contributed by atoms with Crippen molar-refractivity contribution in [3.8, 4) is 29.1 Å². The largest absolute Gasteiger partial charge is 0.481 e. The molecule has 1 aliphatic heterocycles. The SMILES string of the molecule is Cc1ccc(S(=O)(=O)NCC#CCOc2ccc3c(c2)OCO3)c(C)c1. The van der Waals surface area contributed by atoms with Gasteiger partial charge < -0.3 is 14.2 Å². The maximum atomic E-state index is 12.3. The van der Waals surface area contributed by atoms with Crippen molar-refractivity contribution in [2.75, 3.05) is 19.9 Å². The topological polar surface area (TPSA) is 73.9 Å². The molecule has 6 nitrogen and oxygen atoms in total. The molecule has 1 N–H and O–H groups in total. The van der Waals surface area contributed by atoms with Crippen LogP contribution in [-0.2, 0) is 10.0 Å². The molecule has 3 rings (SSSR count). The third-order valence-electron chi connectivity index (χ3n) is 3.75. The molecule has 0 saturated heterocycles. The Labute approximate surface area is 153 Å². The third-order valence-corrected chi connectivity index (χ3v) is 5.31. The van der Waals surface area contributed by atoms with E-state index < -0.39 is 10.0 Å². The first-order chi connectivity index (χ1) is 12.5. The zero-order chi connectivity index (χ0) is 18.6. The van der Waals surface area contributed by atoms with Gasteiger partial charge in [-0.15, -0.1) is 0 Å². The van der Waals surface area contributed by atoms with Gasteiger partial charge in [0.25, 0.3) is 0 Å². The van der Waals surface area contributed by atoms with Gasteiger partial charge in [0.2, 0.25) is 16.8 Å². The highest BCUT2D eigenvalue weighted by atomic mass is 32.2. The second-order valence-corrected chi connectivity index (χ2v) is 7.49. The van der Waals surface area contributed by atoms with Crippen molar-refractivity contribution in [3.05, 3.63) is 47.5 Å². The summed E-state index contributed by atoms with van der Waals surface area (Å²) in [5, 5.41) is 0. The number of nitrogens with one attached hydrogen (secondary N) is 1. The Morgan fingerprint density at radius 3 is 2.69 bits per heavy atom. The van der Waals surface area contributed by atoms with E-state index in [2.05, 4.69) is 16.6 Å². The summed E-state index contributed by atoms with van der Waals surface area (Å²) in [6.45, 7) is 4.05. The fourth-order valence-electron chi connectivity index (χ4n) is 2.51. The number of rotatable bonds is 5. The number of sulfonamides is 1. The molecule has 0 aliphatic carbocycles. The molecule has 0 aromatic heterocycles. The number of aryl methyl sites for hydroxylation is 2. The van der Waals surface area contributed by atoms with Gasteiger partial charge in [-0.25, -0.2) is 8.42 Å². The molecule has 0 bridgehead atoms. The van der Waals surface area contributed by atoms with Crippen LogP contribution in [0, 0.1) is 25.7 Å². The molecule has 0 saturated carbocycles. The monoisotopic (exact) mass is 373 g/mol. The van der Waals surface area contributed by atoms with Crippen molar-refractivity contribution in [1.82, 2.24) is 4.72 Å². The van der Waals surface area contributed by atoms with Gasteiger partial charge >= 0.3 is 0 Å². The standard InChI is InChI=1S/C19H19NO5S/c1-14-5-8-19(15(2)11-14)26(21,22)20-9-3-4-10-23-16-6-7-17-18(12-16)25-13-24-17/h5-8,11-12,20H,9-10,13H2,1-2H3. The Morgan fingerprint density at radius 1 is 1.08 bits per heavy atom. The van der Waals surface area contributed by atoms with Crippen LogP contribution < -0.4 is 18.9 Å². The van der Waals surface area contributed by atoms with E-state index >= 15 is 0 Å². The van der Waals surface area contributed by atoms with Crippen molar-refractivity contribution in [2.45, 2.75) is 18.7 Å². The summed E-state index contributed by atoms with van der Waals surface area (Å²) in [6, 6.07) is 10.5. The average Bonchev–Trinajstić information content (AvgIpc) is 3.05. The van der Waals surface area contributed by atoms with E-state index in [1.54, 1.807) is 37.3 Å². The van der Waals surface area contributed by atoms with Crippen LogP contribution in [0.5, 0.6) is 17.2 Å². The summed E-state index contributed by atoms with van der Waals surface area (Å²) in [6.07, 6.45) is 0. The lowest BCUT2D eigenvalue weighted by Crippen LogP contribution is -2.24. The first kappa shape index (κ1) is 18.1. The Morgan fingerprint density at radius 2 is 1.88 bits per heavy atom. The summed E-state index contributed by atoms with van der Waals surface area (Å²) in [5.74, 6) is 7.45. The number of hydrogen-bond donors (Lipinski definition) is 1. The number of hydrogen-bond acceptors (Lipinski definition) is 5. The van der Waals surface area contributed by atoms with Crippen LogP contribution in [-0.4, -0.2) is 28.4 Å². The Hall–Kier alpha value is -2.69. The predicted molar refractivity (Wildman–Crippen MR) is 96.9 cm³/mol. The first-order valence-electron chi connectivity index (χ1n) is 8.01. The van der Waals surface area contributed by atoms with Crippen LogP contribution in [0.3, 0.4) is 0 Å². The molecule has 0 amide bonds. The normalized spacial score (nSPS) is 12.4. The van der Waals surface area contributed by atoms with E-state index in [9.17, 15) is 8.42 Å². The van der Waals surface area contributed by atoms with Crippen LogP contribution in [0.2, 0.25) is 0 Å². The summed E-state index contributed by atoms with van der Waals surface area (Å²) in [5.41, 5.74) is 1.72. The van der Waals surface area contributed by atoms with E-state index in [1.807, 2.05) is 13.0 Å². The number of fused-ring (bicyclic) bond motifs is 1. The third kappa shape index (κ3) is 4.28. The maximum absolute atomic E-state index is 12.3. The highest BCUT2D eigenvalue weighted by Gasteiger charge is 2.15. The summed E-state index contributed by atoms with van der Waals surface area (Å²) in [7, 11) is -3.58. The summed E-state index contributed by atoms with van der Waals surface area (Å²) < 4.78 is 43.0. The molecule has 0 unspecified atom stereocenters. The van der Waals surface area contributed by atoms with Crippen molar-refractivity contribution in [2.24, 2.45) is 0 Å². The molecule has 26 heavy (non-hydrogen) atoms. The van der Waals surface area contributed by atoms with Crippen LogP contribution in [0.25, 0.3) is 0 Å². The van der Waals surface area contributed by atoms with Gasteiger partial charge in [0.15, 0.2) is 11.5 Å². The first-order valence-corrected chi connectivity index (χ1v) is 9.49. The molecular formula is C19H19NO5S. The van der Waals surface area contributed by atoms with E-state index in [4.69, 9.17) is 14.2 Å². The minimum Gasteiger partial charge on any atom is -0.481 e. The Balaban J connectivity index is 1.51. The summed E-state index contributed by atoms with van der Waals surface area (Å²) in [4.78, 5) is 0.265. The lowest BCUT2D eigenvalue weighted by atomic mass is 10.2. The summed E-state index contributed by atoms with van der Waals surface area (Å²) >= 11 is 0. The minimum absolute atomic E-state index is 0.0140. The molecule has 136 valence electrons.